The van der Waals surface area contributed by atoms with Crippen molar-refractivity contribution in [2.45, 2.75) is 20.0 Å². The van der Waals surface area contributed by atoms with E-state index in [-0.39, 0.29) is 0 Å². The third-order valence-electron chi connectivity index (χ3n) is 7.11. The maximum atomic E-state index is 13.9. The van der Waals surface area contributed by atoms with Crippen LogP contribution < -0.4 is 9.47 Å². The minimum atomic E-state index is -4.53. The van der Waals surface area contributed by atoms with Gasteiger partial charge in [-0.05, 0) is 85.6 Å². The SMILES string of the molecule is COc1ccc(-c2c(-c3ccc(OC)cc3)n(-c3cccc(C(F)(F)F)c3)c3ncnc(-n4nc(C)cc4C)c23)cc1. The number of nitrogens with zero attached hydrogens (tertiary/aromatic N) is 5. The standard InChI is InChI=1S/C32H26F3N5O2/c1-19-16-20(2)40(38-19)31-28-27(21-8-12-25(41-3)13-9-21)29(22-10-14-26(42-4)15-11-22)39(30(28)36-18-37-31)24-7-5-6-23(17-24)32(33,34)35/h5-18H,1-4H3. The van der Waals surface area contributed by atoms with E-state index >= 15 is 0 Å². The van der Waals surface area contributed by atoms with Crippen molar-refractivity contribution in [2.24, 2.45) is 0 Å². The number of aromatic nitrogens is 5. The Morgan fingerprint density at radius 2 is 1.40 bits per heavy atom. The molecule has 0 saturated carbocycles. The highest BCUT2D eigenvalue weighted by Crippen LogP contribution is 2.45. The lowest BCUT2D eigenvalue weighted by molar-refractivity contribution is -0.137. The van der Waals surface area contributed by atoms with Crippen LogP contribution in [0.4, 0.5) is 13.2 Å². The molecule has 0 aliphatic carbocycles. The highest BCUT2D eigenvalue weighted by atomic mass is 19.4. The number of alkyl halides is 3. The van der Waals surface area contributed by atoms with Crippen LogP contribution in [0.2, 0.25) is 0 Å². The number of fused-ring (bicyclic) bond motifs is 1. The Morgan fingerprint density at radius 3 is 1.98 bits per heavy atom. The van der Waals surface area contributed by atoms with E-state index in [1.54, 1.807) is 29.5 Å². The van der Waals surface area contributed by atoms with E-state index in [1.165, 1.54) is 12.4 Å². The van der Waals surface area contributed by atoms with Gasteiger partial charge >= 0.3 is 6.18 Å². The molecule has 0 saturated heterocycles. The van der Waals surface area contributed by atoms with Crippen LogP contribution in [0.5, 0.6) is 11.5 Å². The van der Waals surface area contributed by atoms with Crippen LogP contribution in [0.15, 0.2) is 85.2 Å². The van der Waals surface area contributed by atoms with Crippen LogP contribution in [0, 0.1) is 13.8 Å². The molecule has 0 N–H and O–H groups in total. The third-order valence-corrected chi connectivity index (χ3v) is 7.11. The van der Waals surface area contributed by atoms with Crippen LogP contribution in [0.1, 0.15) is 17.0 Å². The van der Waals surface area contributed by atoms with Gasteiger partial charge in [-0.1, -0.05) is 18.2 Å². The summed E-state index contributed by atoms with van der Waals surface area (Å²) in [5, 5.41) is 5.31. The van der Waals surface area contributed by atoms with Crippen LogP contribution in [0.25, 0.3) is 44.9 Å². The maximum absolute atomic E-state index is 13.9. The second kappa shape index (κ2) is 10.4. The molecule has 0 aliphatic heterocycles. The van der Waals surface area contributed by atoms with Crippen LogP contribution in [0.3, 0.4) is 0 Å². The van der Waals surface area contributed by atoms with Gasteiger partial charge in [-0.25, -0.2) is 14.6 Å². The molecule has 10 heteroatoms. The first-order valence-electron chi connectivity index (χ1n) is 13.1. The van der Waals surface area contributed by atoms with Crippen molar-refractivity contribution in [2.75, 3.05) is 14.2 Å². The van der Waals surface area contributed by atoms with Gasteiger partial charge in [0.1, 0.15) is 17.8 Å². The lowest BCUT2D eigenvalue weighted by Crippen LogP contribution is -2.07. The molecule has 7 nitrogen and oxygen atoms in total. The molecule has 0 aliphatic rings. The van der Waals surface area contributed by atoms with Crippen LogP contribution in [-0.2, 0) is 6.18 Å². The van der Waals surface area contributed by atoms with E-state index < -0.39 is 11.7 Å². The molecular formula is C32H26F3N5O2. The van der Waals surface area contributed by atoms with Gasteiger partial charge in [-0.3, -0.25) is 4.57 Å². The summed E-state index contributed by atoms with van der Waals surface area (Å²) in [7, 11) is 3.17. The number of hydrogen-bond acceptors (Lipinski definition) is 5. The number of ether oxygens (including phenoxy) is 2. The fourth-order valence-electron chi connectivity index (χ4n) is 5.23. The zero-order valence-corrected chi connectivity index (χ0v) is 23.3. The summed E-state index contributed by atoms with van der Waals surface area (Å²) < 4.78 is 56.0. The smallest absolute Gasteiger partial charge is 0.416 e. The Morgan fingerprint density at radius 1 is 0.762 bits per heavy atom. The summed E-state index contributed by atoms with van der Waals surface area (Å²) >= 11 is 0. The average molecular weight is 570 g/mol. The van der Waals surface area contributed by atoms with Crippen molar-refractivity contribution in [3.8, 4) is 45.4 Å². The Labute approximate surface area is 239 Å². The third kappa shape index (κ3) is 4.64. The van der Waals surface area contributed by atoms with E-state index in [9.17, 15) is 13.2 Å². The van der Waals surface area contributed by atoms with E-state index in [4.69, 9.17) is 9.47 Å². The molecule has 6 aromatic rings. The van der Waals surface area contributed by atoms with Gasteiger partial charge in [0.2, 0.25) is 0 Å². The molecular weight excluding hydrogens is 543 g/mol. The molecule has 6 rings (SSSR count). The van der Waals surface area contributed by atoms with E-state index in [1.807, 2.05) is 68.4 Å². The molecule has 0 fully saturated rings. The lowest BCUT2D eigenvalue weighted by atomic mass is 9.98. The van der Waals surface area contributed by atoms with E-state index in [2.05, 4.69) is 15.1 Å². The number of hydrogen-bond donors (Lipinski definition) is 0. The first kappa shape index (κ1) is 27.1. The van der Waals surface area contributed by atoms with Crippen molar-refractivity contribution in [3.05, 3.63) is 102 Å². The zero-order chi connectivity index (χ0) is 29.6. The number of aryl methyl sites for hydroxylation is 2. The van der Waals surface area contributed by atoms with Crippen molar-refractivity contribution >= 4 is 11.0 Å². The van der Waals surface area contributed by atoms with Crippen molar-refractivity contribution in [3.63, 3.8) is 0 Å². The monoisotopic (exact) mass is 569 g/mol. The predicted octanol–water partition coefficient (Wildman–Crippen LogP) is 7.59. The molecule has 3 aromatic carbocycles. The molecule has 212 valence electrons. The fraction of sp³-hybridized carbons (Fsp3) is 0.156. The summed E-state index contributed by atoms with van der Waals surface area (Å²) in [5.41, 5.74) is 4.55. The van der Waals surface area contributed by atoms with Gasteiger partial charge in [0.15, 0.2) is 11.5 Å². The minimum absolute atomic E-state index is 0.304. The number of rotatable bonds is 6. The van der Waals surface area contributed by atoms with Gasteiger partial charge in [-0.2, -0.15) is 18.3 Å². The molecule has 3 heterocycles. The summed E-state index contributed by atoms with van der Waals surface area (Å²) in [5.74, 6) is 1.83. The molecule has 0 atom stereocenters. The van der Waals surface area contributed by atoms with Crippen LogP contribution in [-0.4, -0.2) is 38.5 Å². The van der Waals surface area contributed by atoms with Gasteiger partial charge in [0.05, 0.1) is 36.6 Å². The summed E-state index contributed by atoms with van der Waals surface area (Å²) in [6, 6.07) is 22.1. The van der Waals surface area contributed by atoms with Crippen LogP contribution >= 0.6 is 0 Å². The molecule has 0 unspecified atom stereocenters. The normalized spacial score (nSPS) is 11.7. The second-order valence-electron chi connectivity index (χ2n) is 9.80. The summed E-state index contributed by atoms with van der Waals surface area (Å²) in [6.45, 7) is 3.82. The number of halogens is 3. The Bertz CT molecular complexity index is 1910. The fourth-order valence-corrected chi connectivity index (χ4v) is 5.23. The lowest BCUT2D eigenvalue weighted by Gasteiger charge is -2.15. The second-order valence-corrected chi connectivity index (χ2v) is 9.80. The zero-order valence-electron chi connectivity index (χ0n) is 23.3. The predicted molar refractivity (Wildman–Crippen MR) is 154 cm³/mol. The maximum Gasteiger partial charge on any atom is 0.416 e. The first-order valence-corrected chi connectivity index (χ1v) is 13.1. The van der Waals surface area contributed by atoms with Crippen molar-refractivity contribution in [1.82, 2.24) is 24.3 Å². The Kier molecular flexibility index (Phi) is 6.68. The minimum Gasteiger partial charge on any atom is -0.497 e. The van der Waals surface area contributed by atoms with Crippen molar-refractivity contribution in [1.29, 1.82) is 0 Å². The number of benzene rings is 3. The van der Waals surface area contributed by atoms with Gasteiger partial charge in [-0.15, -0.1) is 0 Å². The molecule has 3 aromatic heterocycles. The van der Waals surface area contributed by atoms with E-state index in [0.29, 0.717) is 39.7 Å². The van der Waals surface area contributed by atoms with Gasteiger partial charge < -0.3 is 9.47 Å². The topological polar surface area (TPSA) is 67.0 Å². The molecule has 0 amide bonds. The molecule has 0 bridgehead atoms. The number of methoxy groups -OCH3 is 2. The Hall–Kier alpha value is -5.12. The Balaban J connectivity index is 1.80. The first-order chi connectivity index (χ1) is 20.2. The molecule has 0 radical (unpaired) electrons. The largest absolute Gasteiger partial charge is 0.497 e. The summed E-state index contributed by atoms with van der Waals surface area (Å²) in [6.07, 6.45) is -3.12. The summed E-state index contributed by atoms with van der Waals surface area (Å²) in [4.78, 5) is 9.30. The average Bonchev–Trinajstić information content (AvgIpc) is 3.53. The van der Waals surface area contributed by atoms with Gasteiger partial charge in [0.25, 0.3) is 0 Å². The quantitative estimate of drug-likeness (QED) is 0.207. The molecule has 42 heavy (non-hydrogen) atoms. The molecule has 0 spiro atoms. The van der Waals surface area contributed by atoms with E-state index in [0.717, 1.165) is 40.2 Å². The van der Waals surface area contributed by atoms with Crippen molar-refractivity contribution < 1.29 is 22.6 Å². The van der Waals surface area contributed by atoms with Gasteiger partial charge in [0, 0.05) is 16.9 Å². The highest BCUT2D eigenvalue weighted by Gasteiger charge is 2.32. The highest BCUT2D eigenvalue weighted by molar-refractivity contribution is 6.07.